The van der Waals surface area contributed by atoms with E-state index in [-0.39, 0.29) is 29.7 Å². The Morgan fingerprint density at radius 3 is 2.03 bits per heavy atom. The minimum atomic E-state index is -0.512. The van der Waals surface area contributed by atoms with Gasteiger partial charge in [-0.1, -0.05) is 24.3 Å². The zero-order valence-corrected chi connectivity index (χ0v) is 19.2. The fourth-order valence-corrected chi connectivity index (χ4v) is 5.56. The standard InChI is InChI=1S/C24H30O3S2/c1-24(2,3)27-23(26)22-18(15-25)9-14-21(22)29-20-12-7-17(8-13-20)16-5-10-19(28-4)11-6-16/h5-8,10-13,18,21-22,25H,9,14-15H2,1-4H3/t18-,21-,22-/m0/s1. The Morgan fingerprint density at radius 2 is 1.55 bits per heavy atom. The Morgan fingerprint density at radius 1 is 1.00 bits per heavy atom. The third kappa shape index (κ3) is 5.80. The number of benzene rings is 2. The van der Waals surface area contributed by atoms with E-state index >= 15 is 0 Å². The fraction of sp³-hybridized carbons (Fsp3) is 0.458. The van der Waals surface area contributed by atoms with Gasteiger partial charge in [0.2, 0.25) is 0 Å². The van der Waals surface area contributed by atoms with Crippen LogP contribution in [-0.4, -0.2) is 34.8 Å². The number of aliphatic hydroxyl groups excluding tert-OH is 1. The highest BCUT2D eigenvalue weighted by Crippen LogP contribution is 2.43. The van der Waals surface area contributed by atoms with Gasteiger partial charge in [0.05, 0.1) is 5.92 Å². The van der Waals surface area contributed by atoms with E-state index in [4.69, 9.17) is 4.74 Å². The molecular weight excluding hydrogens is 400 g/mol. The Kier molecular flexibility index (Phi) is 7.36. The van der Waals surface area contributed by atoms with Gasteiger partial charge in [-0.15, -0.1) is 23.5 Å². The number of hydrogen-bond acceptors (Lipinski definition) is 5. The summed E-state index contributed by atoms with van der Waals surface area (Å²) in [7, 11) is 0. The molecule has 0 saturated heterocycles. The van der Waals surface area contributed by atoms with E-state index in [9.17, 15) is 9.90 Å². The van der Waals surface area contributed by atoms with Crippen molar-refractivity contribution in [3.8, 4) is 11.1 Å². The predicted octanol–water partition coefficient (Wildman–Crippen LogP) is 5.90. The molecule has 2 aromatic carbocycles. The molecule has 0 aliphatic heterocycles. The van der Waals surface area contributed by atoms with Crippen LogP contribution in [0.5, 0.6) is 0 Å². The lowest BCUT2D eigenvalue weighted by Gasteiger charge is -2.27. The molecule has 0 spiro atoms. The summed E-state index contributed by atoms with van der Waals surface area (Å²) in [6, 6.07) is 17.1. The molecule has 1 saturated carbocycles. The highest BCUT2D eigenvalue weighted by Gasteiger charge is 2.43. The molecule has 0 aromatic heterocycles. The third-order valence-corrected chi connectivity index (χ3v) is 7.33. The van der Waals surface area contributed by atoms with Crippen molar-refractivity contribution in [3.05, 3.63) is 48.5 Å². The molecule has 3 rings (SSSR count). The van der Waals surface area contributed by atoms with Gasteiger partial charge < -0.3 is 9.84 Å². The molecule has 5 heteroatoms. The van der Waals surface area contributed by atoms with Gasteiger partial charge in [0.15, 0.2) is 0 Å². The van der Waals surface area contributed by atoms with Crippen molar-refractivity contribution in [3.63, 3.8) is 0 Å². The van der Waals surface area contributed by atoms with Crippen LogP contribution in [0, 0.1) is 11.8 Å². The molecule has 1 N–H and O–H groups in total. The Hall–Kier alpha value is -1.43. The smallest absolute Gasteiger partial charge is 0.310 e. The molecule has 1 aliphatic rings. The minimum absolute atomic E-state index is 0.0171. The number of carbonyl (C=O) groups is 1. The lowest BCUT2D eigenvalue weighted by Crippen LogP contribution is -2.35. The van der Waals surface area contributed by atoms with E-state index < -0.39 is 5.60 Å². The first-order valence-corrected chi connectivity index (χ1v) is 12.2. The van der Waals surface area contributed by atoms with E-state index in [0.29, 0.717) is 0 Å². The number of rotatable bonds is 6. The van der Waals surface area contributed by atoms with Crippen LogP contribution < -0.4 is 0 Å². The van der Waals surface area contributed by atoms with Crippen molar-refractivity contribution >= 4 is 29.5 Å². The normalized spacial score (nSPS) is 21.9. The molecule has 1 fully saturated rings. The van der Waals surface area contributed by atoms with Crippen LogP contribution in [0.1, 0.15) is 33.6 Å². The molecule has 29 heavy (non-hydrogen) atoms. The minimum Gasteiger partial charge on any atom is -0.460 e. The van der Waals surface area contributed by atoms with Gasteiger partial charge in [0.25, 0.3) is 0 Å². The maximum Gasteiger partial charge on any atom is 0.310 e. The van der Waals surface area contributed by atoms with Gasteiger partial charge in [-0.05, 0) is 81.2 Å². The van der Waals surface area contributed by atoms with Gasteiger partial charge in [-0.25, -0.2) is 0 Å². The summed E-state index contributed by atoms with van der Waals surface area (Å²) in [5, 5.41) is 9.88. The summed E-state index contributed by atoms with van der Waals surface area (Å²) in [6.45, 7) is 5.70. The molecule has 3 atom stereocenters. The molecule has 0 unspecified atom stereocenters. The van der Waals surface area contributed by atoms with Crippen LogP contribution in [-0.2, 0) is 9.53 Å². The van der Waals surface area contributed by atoms with Gasteiger partial charge >= 0.3 is 5.97 Å². The van der Waals surface area contributed by atoms with Crippen LogP contribution in [0.3, 0.4) is 0 Å². The maximum atomic E-state index is 12.8. The van der Waals surface area contributed by atoms with E-state index in [1.54, 1.807) is 23.5 Å². The number of hydrogen-bond donors (Lipinski definition) is 1. The summed E-state index contributed by atoms with van der Waals surface area (Å²) in [5.74, 6) is -0.461. The monoisotopic (exact) mass is 430 g/mol. The van der Waals surface area contributed by atoms with Crippen molar-refractivity contribution in [1.82, 2.24) is 0 Å². The quantitative estimate of drug-likeness (QED) is 0.457. The molecule has 1 aliphatic carbocycles. The first-order valence-electron chi connectivity index (χ1n) is 10.1. The van der Waals surface area contributed by atoms with Crippen molar-refractivity contribution < 1.29 is 14.6 Å². The third-order valence-electron chi connectivity index (χ3n) is 5.21. The average molecular weight is 431 g/mol. The molecule has 0 heterocycles. The van der Waals surface area contributed by atoms with Gasteiger partial charge in [-0.2, -0.15) is 0 Å². The van der Waals surface area contributed by atoms with Crippen molar-refractivity contribution in [1.29, 1.82) is 0 Å². The molecular formula is C24H30O3S2. The lowest BCUT2D eigenvalue weighted by molar-refractivity contribution is -0.161. The lowest BCUT2D eigenvalue weighted by atomic mass is 9.96. The molecule has 2 aromatic rings. The van der Waals surface area contributed by atoms with E-state index in [1.807, 2.05) is 20.8 Å². The number of carbonyl (C=O) groups excluding carboxylic acids is 1. The second-order valence-electron chi connectivity index (χ2n) is 8.49. The SMILES string of the molecule is CSc1ccc(-c2ccc(S[C@H]3CC[C@@H](CO)[C@@H]3C(=O)OC(C)(C)C)cc2)cc1. The Bertz CT molecular complexity index is 810. The summed E-state index contributed by atoms with van der Waals surface area (Å²) in [4.78, 5) is 15.2. The van der Waals surface area contributed by atoms with E-state index in [0.717, 1.165) is 17.7 Å². The molecule has 156 valence electrons. The highest BCUT2D eigenvalue weighted by atomic mass is 32.2. The number of esters is 1. The highest BCUT2D eigenvalue weighted by molar-refractivity contribution is 8.00. The van der Waals surface area contributed by atoms with E-state index in [2.05, 4.69) is 54.8 Å². The summed E-state index contributed by atoms with van der Waals surface area (Å²) < 4.78 is 5.65. The number of ether oxygens (including phenoxy) is 1. The second-order valence-corrected chi connectivity index (χ2v) is 10.7. The first kappa shape index (κ1) is 22.3. The van der Waals surface area contributed by atoms with Crippen LogP contribution in [0.2, 0.25) is 0 Å². The van der Waals surface area contributed by atoms with Crippen LogP contribution in [0.4, 0.5) is 0 Å². The number of aliphatic hydroxyl groups is 1. The zero-order chi connectivity index (χ0) is 21.0. The Balaban J connectivity index is 1.71. The van der Waals surface area contributed by atoms with Crippen molar-refractivity contribution in [2.45, 2.75) is 54.3 Å². The molecule has 3 nitrogen and oxygen atoms in total. The second kappa shape index (κ2) is 9.59. The van der Waals surface area contributed by atoms with Crippen LogP contribution >= 0.6 is 23.5 Å². The van der Waals surface area contributed by atoms with Crippen LogP contribution in [0.15, 0.2) is 58.3 Å². The molecule has 0 bridgehead atoms. The average Bonchev–Trinajstić information content (AvgIpc) is 3.10. The zero-order valence-electron chi connectivity index (χ0n) is 17.6. The first-order chi connectivity index (χ1) is 13.8. The van der Waals surface area contributed by atoms with Gasteiger partial charge in [-0.3, -0.25) is 4.79 Å². The fourth-order valence-electron chi connectivity index (χ4n) is 3.78. The van der Waals surface area contributed by atoms with Gasteiger partial charge in [0, 0.05) is 21.6 Å². The predicted molar refractivity (Wildman–Crippen MR) is 122 cm³/mol. The number of thioether (sulfide) groups is 2. The van der Waals surface area contributed by atoms with E-state index in [1.165, 1.54) is 16.0 Å². The Labute approximate surface area is 182 Å². The van der Waals surface area contributed by atoms with Gasteiger partial charge in [0.1, 0.15) is 5.60 Å². The van der Waals surface area contributed by atoms with Crippen LogP contribution in [0.25, 0.3) is 11.1 Å². The van der Waals surface area contributed by atoms with Crippen molar-refractivity contribution in [2.24, 2.45) is 11.8 Å². The van der Waals surface area contributed by atoms with Crippen molar-refractivity contribution in [2.75, 3.05) is 12.9 Å². The largest absolute Gasteiger partial charge is 0.460 e. The maximum absolute atomic E-state index is 12.8. The topological polar surface area (TPSA) is 46.5 Å². The summed E-state index contributed by atoms with van der Waals surface area (Å²) in [5.41, 5.74) is 1.88. The summed E-state index contributed by atoms with van der Waals surface area (Å²) in [6.07, 6.45) is 3.85. The molecule has 0 amide bonds. The molecule has 0 radical (unpaired) electrons. The summed E-state index contributed by atoms with van der Waals surface area (Å²) >= 11 is 3.47.